The maximum absolute atomic E-state index is 10.6. The first-order valence-electron chi connectivity index (χ1n) is 11.6. The Morgan fingerprint density at radius 1 is 1.00 bits per heavy atom. The van der Waals surface area contributed by atoms with Crippen LogP contribution < -0.4 is 10.2 Å². The van der Waals surface area contributed by atoms with Gasteiger partial charge in [0.1, 0.15) is 5.75 Å². The Morgan fingerprint density at radius 3 is 2.41 bits per heavy atom. The molecule has 2 N–H and O–H groups in total. The molecule has 0 radical (unpaired) electrons. The van der Waals surface area contributed by atoms with Crippen LogP contribution in [0.25, 0.3) is 5.69 Å². The van der Waals surface area contributed by atoms with Crippen LogP contribution in [0, 0.1) is 13.8 Å². The first-order valence-corrected chi connectivity index (χ1v) is 12.0. The van der Waals surface area contributed by atoms with Crippen molar-refractivity contribution in [3.63, 3.8) is 0 Å². The van der Waals surface area contributed by atoms with Gasteiger partial charge in [0.15, 0.2) is 5.11 Å². The van der Waals surface area contributed by atoms with Gasteiger partial charge in [-0.25, -0.2) is 0 Å². The molecule has 0 spiro atoms. The van der Waals surface area contributed by atoms with E-state index in [4.69, 9.17) is 12.2 Å². The van der Waals surface area contributed by atoms with Crippen LogP contribution in [0.2, 0.25) is 0 Å². The summed E-state index contributed by atoms with van der Waals surface area (Å²) in [6.45, 7) is 6.33. The van der Waals surface area contributed by atoms with E-state index in [1.165, 1.54) is 5.56 Å². The maximum Gasteiger partial charge on any atom is 0.174 e. The van der Waals surface area contributed by atoms with E-state index in [-0.39, 0.29) is 17.8 Å². The summed E-state index contributed by atoms with van der Waals surface area (Å²) in [6, 6.07) is 24.0. The van der Waals surface area contributed by atoms with Crippen molar-refractivity contribution in [3.05, 3.63) is 107 Å². The number of thiocarbonyl (C=S) groups is 1. The number of pyridine rings is 1. The Morgan fingerprint density at radius 2 is 1.74 bits per heavy atom. The standard InChI is InChI=1S/C28H28N4OS/c1-4-20-12-14-21(15-13-20)32-27(26(30-28(32)34)23-9-7-8-16-29-23)22-17-18(2)31(19(22)3)24-10-5-6-11-25(24)33/h5-17,26-27,33H,4H2,1-3H3,(H,30,34)/t26-,27+/m0/s1. The van der Waals surface area contributed by atoms with Crippen molar-refractivity contribution in [3.8, 4) is 11.4 Å². The summed E-state index contributed by atoms with van der Waals surface area (Å²) in [7, 11) is 0. The number of hydrogen-bond donors (Lipinski definition) is 2. The molecule has 2 aromatic heterocycles. The number of nitrogens with zero attached hydrogens (tertiary/aromatic N) is 3. The SMILES string of the molecule is CCc1ccc(N2C(=S)N[C@@H](c3ccccn3)[C@H]2c2cc(C)n(-c3ccccc3O)c2C)cc1. The van der Waals surface area contributed by atoms with Crippen LogP contribution in [0.5, 0.6) is 5.75 Å². The van der Waals surface area contributed by atoms with Crippen LogP contribution >= 0.6 is 12.2 Å². The zero-order chi connectivity index (χ0) is 23.8. The number of rotatable bonds is 5. The summed E-state index contributed by atoms with van der Waals surface area (Å²) in [5.74, 6) is 0.254. The lowest BCUT2D eigenvalue weighted by Gasteiger charge is -2.28. The Hall–Kier alpha value is -3.64. The molecule has 5 rings (SSSR count). The van der Waals surface area contributed by atoms with Crippen LogP contribution in [-0.4, -0.2) is 19.8 Å². The molecule has 2 atom stereocenters. The molecule has 0 saturated carbocycles. The molecule has 3 heterocycles. The number of para-hydroxylation sites is 2. The average molecular weight is 469 g/mol. The van der Waals surface area contributed by atoms with E-state index in [2.05, 4.69) is 70.9 Å². The van der Waals surface area contributed by atoms with Crippen LogP contribution in [0.3, 0.4) is 0 Å². The van der Waals surface area contributed by atoms with E-state index < -0.39 is 0 Å². The number of phenols is 1. The highest BCUT2D eigenvalue weighted by atomic mass is 32.1. The minimum atomic E-state index is -0.113. The Labute approximate surface area is 205 Å². The summed E-state index contributed by atoms with van der Waals surface area (Å²) >= 11 is 5.88. The maximum atomic E-state index is 10.6. The number of aromatic hydroxyl groups is 1. The van der Waals surface area contributed by atoms with Crippen molar-refractivity contribution in [2.75, 3.05) is 4.90 Å². The Bertz CT molecular complexity index is 1330. The number of aromatic nitrogens is 2. The van der Waals surface area contributed by atoms with Gasteiger partial charge in [-0.2, -0.15) is 0 Å². The zero-order valence-electron chi connectivity index (χ0n) is 19.6. The van der Waals surface area contributed by atoms with E-state index in [0.717, 1.165) is 40.4 Å². The minimum absolute atomic E-state index is 0.0966. The summed E-state index contributed by atoms with van der Waals surface area (Å²) in [4.78, 5) is 6.86. The summed E-state index contributed by atoms with van der Waals surface area (Å²) < 4.78 is 2.11. The second-order valence-electron chi connectivity index (χ2n) is 8.67. The van der Waals surface area contributed by atoms with E-state index in [1.54, 1.807) is 6.07 Å². The van der Waals surface area contributed by atoms with Gasteiger partial charge < -0.3 is 19.9 Å². The number of benzene rings is 2. The molecule has 0 aliphatic carbocycles. The molecular formula is C28H28N4OS. The van der Waals surface area contributed by atoms with E-state index in [9.17, 15) is 5.11 Å². The third kappa shape index (κ3) is 3.74. The van der Waals surface area contributed by atoms with Gasteiger partial charge in [0.05, 0.1) is 23.5 Å². The topological polar surface area (TPSA) is 53.3 Å². The fourth-order valence-electron chi connectivity index (χ4n) is 4.95. The molecule has 0 unspecified atom stereocenters. The van der Waals surface area contributed by atoms with Gasteiger partial charge in [0, 0.05) is 23.3 Å². The monoisotopic (exact) mass is 468 g/mol. The Kier molecular flexibility index (Phi) is 5.84. The molecule has 5 nitrogen and oxygen atoms in total. The van der Waals surface area contributed by atoms with E-state index in [1.807, 2.05) is 42.6 Å². The van der Waals surface area contributed by atoms with Crippen LogP contribution in [0.4, 0.5) is 5.69 Å². The van der Waals surface area contributed by atoms with Gasteiger partial charge in [0.25, 0.3) is 0 Å². The molecule has 34 heavy (non-hydrogen) atoms. The molecular weight excluding hydrogens is 440 g/mol. The molecule has 4 aromatic rings. The van der Waals surface area contributed by atoms with Gasteiger partial charge in [-0.05, 0) is 86.1 Å². The molecule has 1 fully saturated rings. The van der Waals surface area contributed by atoms with Gasteiger partial charge in [-0.1, -0.05) is 37.3 Å². The third-order valence-electron chi connectivity index (χ3n) is 6.63. The van der Waals surface area contributed by atoms with Gasteiger partial charge in [-0.3, -0.25) is 4.98 Å². The summed E-state index contributed by atoms with van der Waals surface area (Å²) in [6.07, 6.45) is 2.81. The van der Waals surface area contributed by atoms with E-state index >= 15 is 0 Å². The second kappa shape index (κ2) is 8.95. The molecule has 172 valence electrons. The number of nitrogens with one attached hydrogen (secondary N) is 1. The average Bonchev–Trinajstić information content (AvgIpc) is 3.35. The van der Waals surface area contributed by atoms with Gasteiger partial charge in [-0.15, -0.1) is 0 Å². The number of aryl methyl sites for hydroxylation is 2. The molecule has 1 aliphatic heterocycles. The van der Waals surface area contributed by atoms with Crippen molar-refractivity contribution in [2.24, 2.45) is 0 Å². The number of hydrogen-bond acceptors (Lipinski definition) is 3. The normalized spacial score (nSPS) is 17.7. The minimum Gasteiger partial charge on any atom is -0.506 e. The first kappa shape index (κ1) is 22.2. The largest absolute Gasteiger partial charge is 0.506 e. The van der Waals surface area contributed by atoms with Gasteiger partial charge >= 0.3 is 0 Å². The Balaban J connectivity index is 1.68. The molecule has 0 amide bonds. The van der Waals surface area contributed by atoms with Crippen molar-refractivity contribution in [2.45, 2.75) is 39.3 Å². The van der Waals surface area contributed by atoms with Crippen LogP contribution in [0.1, 0.15) is 47.2 Å². The molecule has 2 aromatic carbocycles. The fraction of sp³-hybridized carbons (Fsp3) is 0.214. The second-order valence-corrected chi connectivity index (χ2v) is 9.05. The number of anilines is 1. The molecule has 1 aliphatic rings. The predicted molar refractivity (Wildman–Crippen MR) is 141 cm³/mol. The van der Waals surface area contributed by atoms with Crippen molar-refractivity contribution in [1.29, 1.82) is 0 Å². The predicted octanol–water partition coefficient (Wildman–Crippen LogP) is 5.93. The van der Waals surface area contributed by atoms with Crippen molar-refractivity contribution >= 4 is 23.0 Å². The third-order valence-corrected chi connectivity index (χ3v) is 6.95. The quantitative estimate of drug-likeness (QED) is 0.355. The molecule has 0 bridgehead atoms. The number of phenolic OH excluding ortho intramolecular Hbond substituents is 1. The summed E-state index contributed by atoms with van der Waals surface area (Å²) in [5, 5.41) is 14.8. The fourth-order valence-corrected chi connectivity index (χ4v) is 5.30. The van der Waals surface area contributed by atoms with E-state index in [0.29, 0.717) is 5.11 Å². The smallest absolute Gasteiger partial charge is 0.174 e. The highest BCUT2D eigenvalue weighted by molar-refractivity contribution is 7.80. The lowest BCUT2D eigenvalue weighted by Crippen LogP contribution is -2.29. The summed E-state index contributed by atoms with van der Waals surface area (Å²) in [5.41, 5.74) is 7.30. The van der Waals surface area contributed by atoms with Crippen LogP contribution in [0.15, 0.2) is 79.0 Å². The highest BCUT2D eigenvalue weighted by Crippen LogP contribution is 2.44. The lowest BCUT2D eigenvalue weighted by atomic mass is 9.96. The van der Waals surface area contributed by atoms with Gasteiger partial charge in [0.2, 0.25) is 0 Å². The molecule has 1 saturated heterocycles. The van der Waals surface area contributed by atoms with Crippen molar-refractivity contribution < 1.29 is 5.11 Å². The van der Waals surface area contributed by atoms with Crippen LogP contribution in [-0.2, 0) is 6.42 Å². The first-order chi connectivity index (χ1) is 16.5. The lowest BCUT2D eigenvalue weighted by molar-refractivity contribution is 0.471. The van der Waals surface area contributed by atoms with Crippen molar-refractivity contribution in [1.82, 2.24) is 14.9 Å². The highest BCUT2D eigenvalue weighted by Gasteiger charge is 2.42. The zero-order valence-corrected chi connectivity index (χ0v) is 20.4. The molecule has 6 heteroatoms.